The number of hydrogen-bond acceptors (Lipinski definition) is 6. The first-order valence-corrected chi connectivity index (χ1v) is 6.08. The zero-order valence-electron chi connectivity index (χ0n) is 10.4. The van der Waals surface area contributed by atoms with Gasteiger partial charge in [0.2, 0.25) is 0 Å². The molecule has 0 aliphatic rings. The molecule has 1 amide bonds. The summed E-state index contributed by atoms with van der Waals surface area (Å²) >= 11 is 0.946. The van der Waals surface area contributed by atoms with Crippen molar-refractivity contribution in [1.29, 1.82) is 0 Å². The van der Waals surface area contributed by atoms with E-state index in [4.69, 9.17) is 9.84 Å². The summed E-state index contributed by atoms with van der Waals surface area (Å²) in [7, 11) is 1.37. The average Bonchev–Trinajstić information content (AvgIpc) is 2.76. The van der Waals surface area contributed by atoms with Crippen LogP contribution in [0.1, 0.15) is 29.2 Å². The summed E-state index contributed by atoms with van der Waals surface area (Å²) < 4.78 is 8.51. The zero-order chi connectivity index (χ0) is 13.8. The fraction of sp³-hybridized carbons (Fsp3) is 0.600. The fourth-order valence-corrected chi connectivity index (χ4v) is 2.01. The van der Waals surface area contributed by atoms with Gasteiger partial charge in [0.05, 0.1) is 12.3 Å². The van der Waals surface area contributed by atoms with Crippen molar-refractivity contribution in [2.75, 3.05) is 13.7 Å². The van der Waals surface area contributed by atoms with E-state index in [1.54, 1.807) is 0 Å². The summed E-state index contributed by atoms with van der Waals surface area (Å²) in [5.74, 6) is -1.66. The van der Waals surface area contributed by atoms with Gasteiger partial charge in [0.1, 0.15) is 4.88 Å². The van der Waals surface area contributed by atoms with Crippen LogP contribution >= 0.6 is 11.5 Å². The van der Waals surface area contributed by atoms with Gasteiger partial charge in [0, 0.05) is 7.11 Å². The molecule has 8 heteroatoms. The van der Waals surface area contributed by atoms with Crippen LogP contribution in [-0.4, -0.2) is 45.8 Å². The van der Waals surface area contributed by atoms with Gasteiger partial charge in [0.15, 0.2) is 5.54 Å². The molecule has 7 nitrogen and oxygen atoms in total. The molecule has 1 heterocycles. The van der Waals surface area contributed by atoms with Gasteiger partial charge in [-0.25, -0.2) is 4.79 Å². The number of nitrogens with one attached hydrogen (secondary N) is 1. The molecule has 0 spiro atoms. The number of methoxy groups -OCH3 is 1. The quantitative estimate of drug-likeness (QED) is 0.774. The molecular formula is C10H15N3O4S. The summed E-state index contributed by atoms with van der Waals surface area (Å²) in [4.78, 5) is 23.5. The van der Waals surface area contributed by atoms with E-state index < -0.39 is 17.4 Å². The fourth-order valence-electron chi connectivity index (χ4n) is 1.36. The molecule has 1 aromatic heterocycles. The molecule has 2 N–H and O–H groups in total. The van der Waals surface area contributed by atoms with Crippen LogP contribution in [0.5, 0.6) is 0 Å². The minimum atomic E-state index is -1.47. The molecule has 1 aromatic rings. The van der Waals surface area contributed by atoms with Crippen molar-refractivity contribution in [2.45, 2.75) is 25.8 Å². The van der Waals surface area contributed by atoms with Crippen molar-refractivity contribution in [3.8, 4) is 0 Å². The Morgan fingerprint density at radius 3 is 2.72 bits per heavy atom. The second-order valence-electron chi connectivity index (χ2n) is 3.93. The smallest absolute Gasteiger partial charge is 0.331 e. The maximum absolute atomic E-state index is 12.0. The topological polar surface area (TPSA) is 101 Å². The number of carboxylic acid groups (broad SMARTS) is 1. The molecule has 0 bridgehead atoms. The monoisotopic (exact) mass is 273 g/mol. The van der Waals surface area contributed by atoms with Gasteiger partial charge in [0.25, 0.3) is 5.91 Å². The highest BCUT2D eigenvalue weighted by Crippen LogP contribution is 2.13. The third kappa shape index (κ3) is 3.02. The summed E-state index contributed by atoms with van der Waals surface area (Å²) in [6.07, 6.45) is 0.563. The molecule has 18 heavy (non-hydrogen) atoms. The Bertz CT molecular complexity index is 448. The predicted octanol–water partition coefficient (Wildman–Crippen LogP) is 0.320. The van der Waals surface area contributed by atoms with Crippen LogP contribution in [0.3, 0.4) is 0 Å². The third-order valence-electron chi connectivity index (χ3n) is 2.39. The Kier molecular flexibility index (Phi) is 4.74. The Labute approximate surface area is 108 Å². The Morgan fingerprint density at radius 2 is 2.22 bits per heavy atom. The zero-order valence-corrected chi connectivity index (χ0v) is 11.2. The molecular weight excluding hydrogens is 258 g/mol. The predicted molar refractivity (Wildman–Crippen MR) is 64.7 cm³/mol. The number of carbonyl (C=O) groups excluding carboxylic acids is 1. The van der Waals surface area contributed by atoms with Crippen molar-refractivity contribution >= 4 is 23.4 Å². The molecule has 1 unspecified atom stereocenters. The average molecular weight is 273 g/mol. The van der Waals surface area contributed by atoms with Gasteiger partial charge in [-0.3, -0.25) is 4.79 Å². The van der Waals surface area contributed by atoms with E-state index in [1.807, 2.05) is 6.92 Å². The highest BCUT2D eigenvalue weighted by molar-refractivity contribution is 7.08. The normalized spacial score (nSPS) is 13.9. The largest absolute Gasteiger partial charge is 0.479 e. The Hall–Kier alpha value is -1.54. The minimum Gasteiger partial charge on any atom is -0.479 e. The first kappa shape index (κ1) is 14.5. The number of hydrogen-bond donors (Lipinski definition) is 2. The van der Waals surface area contributed by atoms with Crippen LogP contribution < -0.4 is 5.32 Å². The summed E-state index contributed by atoms with van der Waals surface area (Å²) in [5, 5.41) is 15.4. The molecule has 1 atom stereocenters. The van der Waals surface area contributed by atoms with E-state index in [0.717, 1.165) is 11.5 Å². The van der Waals surface area contributed by atoms with Crippen molar-refractivity contribution in [2.24, 2.45) is 0 Å². The van der Waals surface area contributed by atoms with Gasteiger partial charge in [-0.1, -0.05) is 11.4 Å². The van der Waals surface area contributed by atoms with E-state index in [-0.39, 0.29) is 6.61 Å². The highest BCUT2D eigenvalue weighted by atomic mass is 32.1. The van der Waals surface area contributed by atoms with Crippen LogP contribution in [0.15, 0.2) is 0 Å². The van der Waals surface area contributed by atoms with Crippen molar-refractivity contribution in [1.82, 2.24) is 14.9 Å². The second-order valence-corrected chi connectivity index (χ2v) is 4.68. The van der Waals surface area contributed by atoms with E-state index in [1.165, 1.54) is 14.0 Å². The third-order valence-corrected chi connectivity index (χ3v) is 3.16. The molecule has 0 aromatic carbocycles. The Balaban J connectivity index is 2.89. The number of aliphatic carboxylic acids is 1. The lowest BCUT2D eigenvalue weighted by Gasteiger charge is -2.24. The standard InChI is InChI=1S/C10H15N3O4S/c1-4-6-7(18-13-12-6)8(14)11-10(2,5-17-3)9(15)16/h4-5H2,1-3H3,(H,11,14)(H,15,16). The van der Waals surface area contributed by atoms with Crippen LogP contribution in [0.4, 0.5) is 0 Å². The summed E-state index contributed by atoms with van der Waals surface area (Å²) in [5.41, 5.74) is -0.913. The first-order chi connectivity index (χ1) is 8.44. The van der Waals surface area contributed by atoms with E-state index in [0.29, 0.717) is 17.0 Å². The lowest BCUT2D eigenvalue weighted by atomic mass is 10.0. The number of aryl methyl sites for hydroxylation is 1. The lowest BCUT2D eigenvalue weighted by Crippen LogP contribution is -2.55. The number of nitrogens with zero attached hydrogens (tertiary/aromatic N) is 2. The molecule has 0 fully saturated rings. The molecule has 0 saturated heterocycles. The molecule has 0 radical (unpaired) electrons. The van der Waals surface area contributed by atoms with Crippen LogP contribution in [0, 0.1) is 0 Å². The van der Waals surface area contributed by atoms with Gasteiger partial charge in [-0.2, -0.15) is 0 Å². The van der Waals surface area contributed by atoms with Gasteiger partial charge in [-0.05, 0) is 24.9 Å². The maximum Gasteiger partial charge on any atom is 0.331 e. The molecule has 0 aliphatic heterocycles. The summed E-state index contributed by atoms with van der Waals surface area (Å²) in [6.45, 7) is 3.11. The highest BCUT2D eigenvalue weighted by Gasteiger charge is 2.36. The van der Waals surface area contributed by atoms with Crippen LogP contribution in [0.2, 0.25) is 0 Å². The number of ether oxygens (including phenoxy) is 1. The van der Waals surface area contributed by atoms with Gasteiger partial charge < -0.3 is 15.2 Å². The molecule has 0 aliphatic carbocycles. The van der Waals surface area contributed by atoms with Crippen molar-refractivity contribution in [3.05, 3.63) is 10.6 Å². The SMILES string of the molecule is CCc1nnsc1C(=O)NC(C)(COC)C(=O)O. The van der Waals surface area contributed by atoms with Crippen LogP contribution in [0.25, 0.3) is 0 Å². The molecule has 1 rings (SSSR count). The van der Waals surface area contributed by atoms with E-state index >= 15 is 0 Å². The summed E-state index contributed by atoms with van der Waals surface area (Å²) in [6, 6.07) is 0. The van der Waals surface area contributed by atoms with Crippen molar-refractivity contribution < 1.29 is 19.4 Å². The number of carboxylic acids is 1. The van der Waals surface area contributed by atoms with E-state index in [2.05, 4.69) is 14.9 Å². The number of carbonyl (C=O) groups is 2. The number of aromatic nitrogens is 2. The molecule has 0 saturated carbocycles. The minimum absolute atomic E-state index is 0.123. The van der Waals surface area contributed by atoms with Crippen molar-refractivity contribution in [3.63, 3.8) is 0 Å². The number of rotatable bonds is 6. The van der Waals surface area contributed by atoms with Gasteiger partial charge >= 0.3 is 5.97 Å². The van der Waals surface area contributed by atoms with Gasteiger partial charge in [-0.15, -0.1) is 5.10 Å². The number of amides is 1. The maximum atomic E-state index is 12.0. The first-order valence-electron chi connectivity index (χ1n) is 5.30. The van der Waals surface area contributed by atoms with Crippen LogP contribution in [-0.2, 0) is 16.0 Å². The molecule has 100 valence electrons. The van der Waals surface area contributed by atoms with E-state index in [9.17, 15) is 9.59 Å². The second kappa shape index (κ2) is 5.87. The Morgan fingerprint density at radius 1 is 1.56 bits per heavy atom. The lowest BCUT2D eigenvalue weighted by molar-refractivity contribution is -0.145.